The lowest BCUT2D eigenvalue weighted by atomic mass is 10.2. The highest BCUT2D eigenvalue weighted by Crippen LogP contribution is 2.15. The fourth-order valence-corrected chi connectivity index (χ4v) is 2.38. The molecule has 4 heteroatoms. The van der Waals surface area contributed by atoms with Gasteiger partial charge in [-0.05, 0) is 12.1 Å². The van der Waals surface area contributed by atoms with Crippen LogP contribution in [0.15, 0.2) is 60.9 Å². The summed E-state index contributed by atoms with van der Waals surface area (Å²) >= 11 is 0. The summed E-state index contributed by atoms with van der Waals surface area (Å²) in [5, 5.41) is 1.98. The Kier molecular flexibility index (Phi) is 3.83. The number of carbonyl (C=O) groups excluding carboxylic acids is 2. The Balaban J connectivity index is 0.000000131. The minimum atomic E-state index is 0.723. The van der Waals surface area contributed by atoms with Crippen molar-refractivity contribution in [2.45, 2.75) is 0 Å². The number of rotatable bonds is 2. The quantitative estimate of drug-likeness (QED) is 0.549. The summed E-state index contributed by atoms with van der Waals surface area (Å²) in [7, 11) is 0. The van der Waals surface area contributed by atoms with Crippen LogP contribution in [0.25, 0.3) is 21.8 Å². The molecule has 0 saturated carbocycles. The third-order valence-corrected chi connectivity index (χ3v) is 3.50. The summed E-state index contributed by atoms with van der Waals surface area (Å²) in [6.07, 6.45) is 5.16. The SMILES string of the molecule is O=Cc1c[nH]c2ccccc12.O=Cc1c[nH]c2ccccc12. The zero-order valence-electron chi connectivity index (χ0n) is 11.7. The maximum absolute atomic E-state index is 10.5. The minimum Gasteiger partial charge on any atom is -0.360 e. The summed E-state index contributed by atoms with van der Waals surface area (Å²) in [6.45, 7) is 0. The van der Waals surface area contributed by atoms with E-state index in [1.165, 1.54) is 0 Å². The number of H-pyrrole nitrogens is 2. The van der Waals surface area contributed by atoms with Crippen LogP contribution in [-0.4, -0.2) is 22.5 Å². The van der Waals surface area contributed by atoms with E-state index in [0.717, 1.165) is 45.5 Å². The van der Waals surface area contributed by atoms with E-state index in [9.17, 15) is 9.59 Å². The molecule has 0 bridgehead atoms. The van der Waals surface area contributed by atoms with Gasteiger partial charge in [0.25, 0.3) is 0 Å². The molecule has 2 N–H and O–H groups in total. The predicted octanol–water partition coefficient (Wildman–Crippen LogP) is 3.96. The van der Waals surface area contributed by atoms with Crippen LogP contribution < -0.4 is 0 Å². The fraction of sp³-hybridized carbons (Fsp3) is 0. The van der Waals surface area contributed by atoms with Crippen LogP contribution in [0.4, 0.5) is 0 Å². The molecule has 0 aliphatic heterocycles. The number of aldehydes is 2. The summed E-state index contributed by atoms with van der Waals surface area (Å²) in [4.78, 5) is 26.9. The van der Waals surface area contributed by atoms with Crippen LogP contribution in [0.2, 0.25) is 0 Å². The molecule has 0 amide bonds. The number of carbonyl (C=O) groups is 2. The van der Waals surface area contributed by atoms with Crippen LogP contribution >= 0.6 is 0 Å². The van der Waals surface area contributed by atoms with E-state index in [0.29, 0.717) is 0 Å². The molecule has 0 atom stereocenters. The first-order valence-corrected chi connectivity index (χ1v) is 6.86. The first-order chi connectivity index (χ1) is 10.8. The first-order valence-electron chi connectivity index (χ1n) is 6.86. The highest BCUT2D eigenvalue weighted by molar-refractivity contribution is 5.97. The standard InChI is InChI=1S/2C9H7NO/c2*11-6-7-5-10-9-4-2-1-3-8(7)9/h2*1-6,10H. The summed E-state index contributed by atoms with van der Waals surface area (Å²) < 4.78 is 0. The number of benzene rings is 2. The topological polar surface area (TPSA) is 65.7 Å². The van der Waals surface area contributed by atoms with Crippen molar-refractivity contribution < 1.29 is 9.59 Å². The summed E-state index contributed by atoms with van der Waals surface area (Å²) in [5.41, 5.74) is 3.46. The molecular weight excluding hydrogens is 276 g/mol. The Hall–Kier alpha value is -3.14. The predicted molar refractivity (Wildman–Crippen MR) is 87.4 cm³/mol. The smallest absolute Gasteiger partial charge is 0.152 e. The number of hydrogen-bond acceptors (Lipinski definition) is 2. The van der Waals surface area contributed by atoms with Gasteiger partial charge in [0, 0.05) is 45.3 Å². The zero-order valence-corrected chi connectivity index (χ0v) is 11.7. The van der Waals surface area contributed by atoms with Crippen LogP contribution in [0, 0.1) is 0 Å². The number of aromatic amines is 2. The van der Waals surface area contributed by atoms with Gasteiger partial charge < -0.3 is 9.97 Å². The molecular formula is C18H14N2O2. The number of aromatic nitrogens is 2. The Morgan fingerprint density at radius 2 is 1.05 bits per heavy atom. The minimum absolute atomic E-state index is 0.723. The zero-order chi connectivity index (χ0) is 15.4. The van der Waals surface area contributed by atoms with Gasteiger partial charge in [-0.1, -0.05) is 36.4 Å². The van der Waals surface area contributed by atoms with E-state index >= 15 is 0 Å². The van der Waals surface area contributed by atoms with Gasteiger partial charge in [0.15, 0.2) is 12.6 Å². The monoisotopic (exact) mass is 290 g/mol. The molecule has 108 valence electrons. The molecule has 0 unspecified atom stereocenters. The number of nitrogens with one attached hydrogen (secondary N) is 2. The van der Waals surface area contributed by atoms with E-state index in [1.807, 2.05) is 48.5 Å². The molecule has 4 nitrogen and oxygen atoms in total. The number of hydrogen-bond donors (Lipinski definition) is 2. The molecule has 2 heterocycles. The van der Waals surface area contributed by atoms with Crippen LogP contribution in [0.1, 0.15) is 20.7 Å². The van der Waals surface area contributed by atoms with Crippen LogP contribution in [0.5, 0.6) is 0 Å². The van der Waals surface area contributed by atoms with E-state index in [-0.39, 0.29) is 0 Å². The fourth-order valence-electron chi connectivity index (χ4n) is 2.38. The van der Waals surface area contributed by atoms with Gasteiger partial charge in [0.1, 0.15) is 0 Å². The Bertz CT molecular complexity index is 856. The second-order valence-electron chi connectivity index (χ2n) is 4.81. The highest BCUT2D eigenvalue weighted by atomic mass is 16.1. The third kappa shape index (κ3) is 2.54. The van der Waals surface area contributed by atoms with E-state index in [2.05, 4.69) is 9.97 Å². The molecule has 0 aliphatic rings. The van der Waals surface area contributed by atoms with Crippen molar-refractivity contribution in [3.63, 3.8) is 0 Å². The molecule has 22 heavy (non-hydrogen) atoms. The van der Waals surface area contributed by atoms with E-state index in [4.69, 9.17) is 0 Å². The maximum atomic E-state index is 10.5. The van der Waals surface area contributed by atoms with Crippen molar-refractivity contribution in [2.75, 3.05) is 0 Å². The van der Waals surface area contributed by atoms with Gasteiger partial charge >= 0.3 is 0 Å². The number of para-hydroxylation sites is 2. The lowest BCUT2D eigenvalue weighted by Crippen LogP contribution is -1.72. The summed E-state index contributed by atoms with van der Waals surface area (Å²) in [5.74, 6) is 0. The molecule has 0 saturated heterocycles. The second kappa shape index (κ2) is 6.10. The van der Waals surface area contributed by atoms with Gasteiger partial charge in [0.05, 0.1) is 0 Å². The molecule has 2 aromatic heterocycles. The van der Waals surface area contributed by atoms with Gasteiger partial charge in [-0.2, -0.15) is 0 Å². The van der Waals surface area contributed by atoms with Gasteiger partial charge in [0.2, 0.25) is 0 Å². The lowest BCUT2D eigenvalue weighted by Gasteiger charge is -1.86. The Morgan fingerprint density at radius 1 is 0.636 bits per heavy atom. The van der Waals surface area contributed by atoms with Crippen molar-refractivity contribution in [3.8, 4) is 0 Å². The average Bonchev–Trinajstić information content (AvgIpc) is 3.19. The second-order valence-corrected chi connectivity index (χ2v) is 4.81. The van der Waals surface area contributed by atoms with Crippen molar-refractivity contribution >= 4 is 34.4 Å². The van der Waals surface area contributed by atoms with Gasteiger partial charge in [-0.15, -0.1) is 0 Å². The van der Waals surface area contributed by atoms with E-state index in [1.54, 1.807) is 12.4 Å². The third-order valence-electron chi connectivity index (χ3n) is 3.50. The highest BCUT2D eigenvalue weighted by Gasteiger charge is 1.99. The van der Waals surface area contributed by atoms with Crippen molar-refractivity contribution in [2.24, 2.45) is 0 Å². The van der Waals surface area contributed by atoms with Crippen molar-refractivity contribution in [1.82, 2.24) is 9.97 Å². The molecule has 0 radical (unpaired) electrons. The van der Waals surface area contributed by atoms with Gasteiger partial charge in [-0.25, -0.2) is 0 Å². The maximum Gasteiger partial charge on any atom is 0.152 e. The van der Waals surface area contributed by atoms with Crippen molar-refractivity contribution in [1.29, 1.82) is 0 Å². The molecule has 0 spiro atoms. The molecule has 4 aromatic rings. The number of fused-ring (bicyclic) bond motifs is 2. The Morgan fingerprint density at radius 3 is 1.45 bits per heavy atom. The largest absolute Gasteiger partial charge is 0.360 e. The molecule has 4 rings (SSSR count). The van der Waals surface area contributed by atoms with Crippen molar-refractivity contribution in [3.05, 3.63) is 72.1 Å². The average molecular weight is 290 g/mol. The van der Waals surface area contributed by atoms with E-state index < -0.39 is 0 Å². The Labute approximate surface area is 126 Å². The normalized spacial score (nSPS) is 10.2. The molecule has 2 aromatic carbocycles. The summed E-state index contributed by atoms with van der Waals surface area (Å²) in [6, 6.07) is 15.5. The molecule has 0 aliphatic carbocycles. The lowest BCUT2D eigenvalue weighted by molar-refractivity contribution is 0.111. The van der Waals surface area contributed by atoms with Gasteiger partial charge in [-0.3, -0.25) is 9.59 Å². The first kappa shape index (κ1) is 13.8. The van der Waals surface area contributed by atoms with Crippen LogP contribution in [-0.2, 0) is 0 Å². The molecule has 0 fully saturated rings. The van der Waals surface area contributed by atoms with Crippen LogP contribution in [0.3, 0.4) is 0 Å².